The summed E-state index contributed by atoms with van der Waals surface area (Å²) in [5, 5.41) is 0. The van der Waals surface area contributed by atoms with Crippen molar-refractivity contribution in [3.8, 4) is 11.1 Å². The van der Waals surface area contributed by atoms with Gasteiger partial charge in [0.2, 0.25) is 5.95 Å². The normalized spacial score (nSPS) is 13.5. The van der Waals surface area contributed by atoms with Gasteiger partial charge < -0.3 is 9.47 Å². The zero-order valence-corrected chi connectivity index (χ0v) is 16.7. The van der Waals surface area contributed by atoms with Crippen LogP contribution in [0, 0.1) is 11.8 Å². The van der Waals surface area contributed by atoms with Crippen LogP contribution in [0.4, 0.5) is 8.78 Å². The van der Waals surface area contributed by atoms with E-state index in [1.54, 1.807) is 29.2 Å². The van der Waals surface area contributed by atoms with Gasteiger partial charge in [0.15, 0.2) is 0 Å². The Balaban J connectivity index is 0.00000240. The Morgan fingerprint density at radius 2 is 2.00 bits per heavy atom. The van der Waals surface area contributed by atoms with E-state index in [0.717, 1.165) is 24.8 Å². The summed E-state index contributed by atoms with van der Waals surface area (Å²) in [6.45, 7) is 0.363. The van der Waals surface area contributed by atoms with Crippen molar-refractivity contribution in [3.63, 3.8) is 0 Å². The fourth-order valence-electron chi connectivity index (χ4n) is 3.36. The number of halogens is 3. The van der Waals surface area contributed by atoms with Crippen LogP contribution in [0.25, 0.3) is 11.1 Å². The maximum atomic E-state index is 14.3. The van der Waals surface area contributed by atoms with Crippen LogP contribution < -0.4 is 0 Å². The summed E-state index contributed by atoms with van der Waals surface area (Å²) in [5.41, 5.74) is 2.03. The smallest absolute Gasteiger partial charge is 0.274 e. The highest BCUT2D eigenvalue weighted by Gasteiger charge is 2.30. The molecule has 4 rings (SSSR count). The molecular weight excluding hydrogens is 398 g/mol. The second kappa shape index (κ2) is 8.69. The molecule has 1 aliphatic rings. The molecule has 1 aliphatic carbocycles. The molecule has 8 heteroatoms. The van der Waals surface area contributed by atoms with Crippen LogP contribution in [0.15, 0.2) is 49.1 Å². The minimum Gasteiger partial charge on any atom is -0.340 e. The largest absolute Gasteiger partial charge is 0.340 e. The summed E-state index contributed by atoms with van der Waals surface area (Å²) in [6.07, 6.45) is 7.61. The van der Waals surface area contributed by atoms with Gasteiger partial charge in [-0.15, -0.1) is 12.4 Å². The van der Waals surface area contributed by atoms with Crippen molar-refractivity contribution in [2.75, 3.05) is 0 Å². The van der Waals surface area contributed by atoms with E-state index < -0.39 is 11.8 Å². The number of pyridine rings is 1. The summed E-state index contributed by atoms with van der Waals surface area (Å²) in [7, 11) is 1.82. The van der Waals surface area contributed by atoms with E-state index >= 15 is 0 Å². The Labute approximate surface area is 173 Å². The molecular formula is C21H21ClF2N4O. The topological polar surface area (TPSA) is 51.0 Å². The van der Waals surface area contributed by atoms with Gasteiger partial charge in [-0.2, -0.15) is 4.39 Å². The van der Waals surface area contributed by atoms with Crippen molar-refractivity contribution in [2.24, 2.45) is 7.05 Å². The van der Waals surface area contributed by atoms with E-state index in [4.69, 9.17) is 0 Å². The second-order valence-corrected chi connectivity index (χ2v) is 7.13. The molecule has 1 amide bonds. The molecule has 0 radical (unpaired) electrons. The lowest BCUT2D eigenvalue weighted by molar-refractivity contribution is 0.0551. The van der Waals surface area contributed by atoms with Crippen LogP contribution in [0.2, 0.25) is 0 Å². The molecule has 0 aliphatic heterocycles. The van der Waals surface area contributed by atoms with Crippen molar-refractivity contribution < 1.29 is 13.6 Å². The highest BCUT2D eigenvalue weighted by atomic mass is 35.5. The standard InChI is InChI=1S/C21H20F2N4O.ClH/c1-26-12-19(25-13-26)21(28)27(16-3-2-4-16)11-14-5-7-18(22)17(9-14)15-6-8-20(23)24-10-15;/h5-10,12-13,16H,2-4,11H2,1H3;1H. The lowest BCUT2D eigenvalue weighted by Crippen LogP contribution is -2.43. The molecule has 0 N–H and O–H groups in total. The first-order chi connectivity index (χ1) is 13.5. The highest BCUT2D eigenvalue weighted by Crippen LogP contribution is 2.29. The summed E-state index contributed by atoms with van der Waals surface area (Å²) in [4.78, 5) is 22.6. The fraction of sp³-hybridized carbons (Fsp3) is 0.286. The van der Waals surface area contributed by atoms with E-state index in [0.29, 0.717) is 23.4 Å². The number of amides is 1. The van der Waals surface area contributed by atoms with Gasteiger partial charge in [-0.3, -0.25) is 4.79 Å². The third-order valence-corrected chi connectivity index (χ3v) is 5.12. The minimum atomic E-state index is -0.613. The number of carbonyl (C=O) groups is 1. The Morgan fingerprint density at radius 1 is 1.21 bits per heavy atom. The molecule has 0 bridgehead atoms. The van der Waals surface area contributed by atoms with E-state index in [1.165, 1.54) is 24.4 Å². The number of benzene rings is 1. The quantitative estimate of drug-likeness (QED) is 0.578. The van der Waals surface area contributed by atoms with Crippen molar-refractivity contribution in [1.82, 2.24) is 19.4 Å². The molecule has 2 heterocycles. The molecule has 2 aromatic heterocycles. The van der Waals surface area contributed by atoms with Crippen molar-refractivity contribution in [2.45, 2.75) is 31.8 Å². The van der Waals surface area contributed by atoms with Crippen LogP contribution in [0.5, 0.6) is 0 Å². The molecule has 1 fully saturated rings. The van der Waals surface area contributed by atoms with E-state index in [9.17, 15) is 13.6 Å². The van der Waals surface area contributed by atoms with Gasteiger partial charge in [-0.05, 0) is 49.1 Å². The Kier molecular flexibility index (Phi) is 6.27. The molecule has 0 spiro atoms. The highest BCUT2D eigenvalue weighted by molar-refractivity contribution is 5.92. The number of hydrogen-bond donors (Lipinski definition) is 0. The molecule has 0 atom stereocenters. The van der Waals surface area contributed by atoms with Crippen LogP contribution in [0.3, 0.4) is 0 Å². The molecule has 152 valence electrons. The molecule has 1 aromatic carbocycles. The predicted octanol–water partition coefficient (Wildman–Crippen LogP) is 4.38. The molecule has 0 unspecified atom stereocenters. The number of aromatic nitrogens is 3. The average molecular weight is 419 g/mol. The number of nitrogens with zero attached hydrogens (tertiary/aromatic N) is 4. The minimum absolute atomic E-state index is 0. The Hall–Kier alpha value is -2.80. The van der Waals surface area contributed by atoms with Gasteiger partial charge in [0.25, 0.3) is 5.91 Å². The third kappa shape index (κ3) is 4.45. The number of rotatable bonds is 5. The monoisotopic (exact) mass is 418 g/mol. The number of hydrogen-bond acceptors (Lipinski definition) is 3. The van der Waals surface area contributed by atoms with Crippen LogP contribution in [-0.2, 0) is 13.6 Å². The number of aryl methyl sites for hydroxylation is 1. The van der Waals surface area contributed by atoms with Crippen LogP contribution in [0.1, 0.15) is 35.3 Å². The van der Waals surface area contributed by atoms with Gasteiger partial charge in [0, 0.05) is 43.2 Å². The molecule has 29 heavy (non-hydrogen) atoms. The number of imidazole rings is 1. The summed E-state index contributed by atoms with van der Waals surface area (Å²) < 4.78 is 29.2. The van der Waals surface area contributed by atoms with Gasteiger partial charge in [0.1, 0.15) is 11.5 Å². The second-order valence-electron chi connectivity index (χ2n) is 7.13. The molecule has 0 saturated heterocycles. The number of carbonyl (C=O) groups excluding carboxylic acids is 1. The first kappa shape index (κ1) is 20.9. The molecule has 3 aromatic rings. The van der Waals surface area contributed by atoms with Crippen molar-refractivity contribution >= 4 is 18.3 Å². The predicted molar refractivity (Wildman–Crippen MR) is 108 cm³/mol. The summed E-state index contributed by atoms with van der Waals surface area (Å²) in [6, 6.07) is 7.60. The SMILES string of the molecule is Cl.Cn1cnc(C(=O)N(Cc2ccc(F)c(-c3ccc(F)nc3)c2)C2CCC2)c1. The Morgan fingerprint density at radius 3 is 2.59 bits per heavy atom. The average Bonchev–Trinajstić information content (AvgIpc) is 3.08. The fourth-order valence-corrected chi connectivity index (χ4v) is 3.36. The maximum Gasteiger partial charge on any atom is 0.274 e. The van der Waals surface area contributed by atoms with Crippen LogP contribution in [-0.4, -0.2) is 31.4 Å². The van der Waals surface area contributed by atoms with Crippen molar-refractivity contribution in [3.05, 3.63) is 72.1 Å². The summed E-state index contributed by atoms with van der Waals surface area (Å²) >= 11 is 0. The van der Waals surface area contributed by atoms with Gasteiger partial charge in [-0.25, -0.2) is 14.4 Å². The zero-order chi connectivity index (χ0) is 19.7. The summed E-state index contributed by atoms with van der Waals surface area (Å²) in [5.74, 6) is -1.15. The van der Waals surface area contributed by atoms with E-state index in [-0.39, 0.29) is 24.4 Å². The van der Waals surface area contributed by atoms with Gasteiger partial charge in [0.05, 0.1) is 6.33 Å². The maximum absolute atomic E-state index is 14.3. The first-order valence-electron chi connectivity index (χ1n) is 9.20. The first-order valence-corrected chi connectivity index (χ1v) is 9.20. The lowest BCUT2D eigenvalue weighted by Gasteiger charge is -2.37. The van der Waals surface area contributed by atoms with E-state index in [2.05, 4.69) is 9.97 Å². The molecule has 1 saturated carbocycles. The molecule has 5 nitrogen and oxygen atoms in total. The lowest BCUT2D eigenvalue weighted by atomic mass is 9.90. The van der Waals surface area contributed by atoms with Crippen molar-refractivity contribution in [1.29, 1.82) is 0 Å². The van der Waals surface area contributed by atoms with E-state index in [1.807, 2.05) is 11.9 Å². The van der Waals surface area contributed by atoms with Gasteiger partial charge in [-0.1, -0.05) is 6.07 Å². The Bertz CT molecular complexity index is 1000. The van der Waals surface area contributed by atoms with Crippen LogP contribution >= 0.6 is 12.4 Å². The third-order valence-electron chi connectivity index (χ3n) is 5.12. The van der Waals surface area contributed by atoms with Gasteiger partial charge >= 0.3 is 0 Å². The zero-order valence-electron chi connectivity index (χ0n) is 15.9.